The van der Waals surface area contributed by atoms with Gasteiger partial charge < -0.3 is 14.5 Å². The lowest BCUT2D eigenvalue weighted by Crippen LogP contribution is -2.26. The number of aromatic nitrogens is 2. The molecule has 0 unspecified atom stereocenters. The summed E-state index contributed by atoms with van der Waals surface area (Å²) in [6.07, 6.45) is 3.79. The highest BCUT2D eigenvalue weighted by Crippen LogP contribution is 2.23. The van der Waals surface area contributed by atoms with Crippen LogP contribution >= 0.6 is 23.2 Å². The molecule has 0 aliphatic heterocycles. The monoisotopic (exact) mass is 363 g/mol. The van der Waals surface area contributed by atoms with Gasteiger partial charge in [0.2, 0.25) is 0 Å². The minimum Gasteiger partial charge on any atom is -0.343 e. The van der Waals surface area contributed by atoms with Crippen LogP contribution in [0.5, 0.6) is 0 Å². The number of benzene rings is 1. The summed E-state index contributed by atoms with van der Waals surface area (Å²) >= 11 is 12.0. The van der Waals surface area contributed by atoms with Crippen LogP contribution in [0.2, 0.25) is 10.0 Å². The van der Waals surface area contributed by atoms with Gasteiger partial charge in [-0.1, -0.05) is 36.2 Å². The number of nitrogens with one attached hydrogen (secondary N) is 1. The summed E-state index contributed by atoms with van der Waals surface area (Å²) < 4.78 is 3.79. The van der Waals surface area contributed by atoms with Crippen molar-refractivity contribution in [3.05, 3.63) is 68.7 Å². The van der Waals surface area contributed by atoms with Crippen molar-refractivity contribution >= 4 is 34.1 Å². The molecule has 0 saturated heterocycles. The van der Waals surface area contributed by atoms with Crippen LogP contribution in [0.25, 0.3) is 10.9 Å². The number of fused-ring (bicyclic) bond motifs is 1. The van der Waals surface area contributed by atoms with Gasteiger partial charge in [0.1, 0.15) is 0 Å². The average molecular weight is 364 g/mol. The first-order valence-electron chi connectivity index (χ1n) is 7.93. The van der Waals surface area contributed by atoms with Gasteiger partial charge in [0.15, 0.2) is 0 Å². The van der Waals surface area contributed by atoms with Gasteiger partial charge in [-0.2, -0.15) is 0 Å². The highest BCUT2D eigenvalue weighted by molar-refractivity contribution is 6.42. The second-order valence-electron chi connectivity index (χ2n) is 5.66. The van der Waals surface area contributed by atoms with E-state index < -0.39 is 0 Å². The zero-order valence-electron chi connectivity index (χ0n) is 13.4. The Balaban J connectivity index is 1.89. The van der Waals surface area contributed by atoms with Crippen LogP contribution in [-0.4, -0.2) is 22.2 Å². The molecular formula is C18H19Cl2N3O. The Morgan fingerprint density at radius 3 is 2.58 bits per heavy atom. The van der Waals surface area contributed by atoms with Crippen molar-refractivity contribution in [3.63, 3.8) is 0 Å². The molecule has 0 atom stereocenters. The first kappa shape index (κ1) is 17.1. The van der Waals surface area contributed by atoms with E-state index in [0.717, 1.165) is 29.6 Å². The highest BCUT2D eigenvalue weighted by atomic mass is 35.5. The van der Waals surface area contributed by atoms with Gasteiger partial charge in [-0.3, -0.25) is 4.79 Å². The maximum atomic E-state index is 12.6. The summed E-state index contributed by atoms with van der Waals surface area (Å²) in [6, 6.07) is 9.45. The summed E-state index contributed by atoms with van der Waals surface area (Å²) in [5.41, 5.74) is 2.00. The lowest BCUT2D eigenvalue weighted by molar-refractivity contribution is 0.602. The van der Waals surface area contributed by atoms with Gasteiger partial charge in [-0.25, -0.2) is 0 Å². The van der Waals surface area contributed by atoms with E-state index in [9.17, 15) is 4.79 Å². The van der Waals surface area contributed by atoms with Crippen LogP contribution in [0, 0.1) is 0 Å². The summed E-state index contributed by atoms with van der Waals surface area (Å²) in [6.45, 7) is 5.04. The van der Waals surface area contributed by atoms with Gasteiger partial charge in [0.25, 0.3) is 5.56 Å². The second-order valence-corrected chi connectivity index (χ2v) is 6.47. The number of hydrogen-bond acceptors (Lipinski definition) is 2. The molecular weight excluding hydrogens is 345 g/mol. The quantitative estimate of drug-likeness (QED) is 0.677. The fraction of sp³-hybridized carbons (Fsp3) is 0.278. The largest absolute Gasteiger partial charge is 0.343 e. The molecule has 4 nitrogen and oxygen atoms in total. The number of hydrogen-bond donors (Lipinski definition) is 1. The standard InChI is InChI=1S/C18H19Cl2N3O/c1-2-21-7-10-22-9-6-17-14(18(22)24)5-8-23(17)12-13-3-4-15(19)16(20)11-13/h3-6,8-9,11,21H,2,7,10,12H2,1H3. The van der Waals surface area contributed by atoms with Crippen LogP contribution in [0.3, 0.4) is 0 Å². The number of likely N-dealkylation sites (N-methyl/N-ethyl adjacent to an activating group) is 1. The molecule has 0 fully saturated rings. The number of nitrogens with zero attached hydrogens (tertiary/aromatic N) is 2. The highest BCUT2D eigenvalue weighted by Gasteiger charge is 2.08. The number of rotatable bonds is 6. The zero-order chi connectivity index (χ0) is 17.1. The molecule has 0 radical (unpaired) electrons. The average Bonchev–Trinajstić information content (AvgIpc) is 2.97. The van der Waals surface area contributed by atoms with E-state index in [1.54, 1.807) is 10.6 Å². The molecule has 0 aliphatic rings. The molecule has 24 heavy (non-hydrogen) atoms. The molecule has 0 aliphatic carbocycles. The number of pyridine rings is 1. The van der Waals surface area contributed by atoms with Crippen LogP contribution in [-0.2, 0) is 13.1 Å². The van der Waals surface area contributed by atoms with Gasteiger partial charge in [-0.15, -0.1) is 0 Å². The Morgan fingerprint density at radius 1 is 1.04 bits per heavy atom. The van der Waals surface area contributed by atoms with E-state index in [1.165, 1.54) is 0 Å². The van der Waals surface area contributed by atoms with Crippen molar-refractivity contribution in [3.8, 4) is 0 Å². The van der Waals surface area contributed by atoms with E-state index in [-0.39, 0.29) is 5.56 Å². The fourth-order valence-electron chi connectivity index (χ4n) is 2.76. The Kier molecular flexibility index (Phi) is 5.29. The fourth-order valence-corrected chi connectivity index (χ4v) is 3.08. The third-order valence-electron chi connectivity index (χ3n) is 4.03. The molecule has 0 spiro atoms. The lowest BCUT2D eigenvalue weighted by atomic mass is 10.2. The molecule has 0 saturated carbocycles. The van der Waals surface area contributed by atoms with E-state index in [1.807, 2.05) is 41.2 Å². The maximum absolute atomic E-state index is 12.6. The van der Waals surface area contributed by atoms with Gasteiger partial charge in [-0.05, 0) is 36.4 Å². The lowest BCUT2D eigenvalue weighted by Gasteiger charge is -2.09. The predicted molar refractivity (Wildman–Crippen MR) is 100 cm³/mol. The van der Waals surface area contributed by atoms with Crippen molar-refractivity contribution in [1.82, 2.24) is 14.5 Å². The first-order valence-corrected chi connectivity index (χ1v) is 8.68. The molecule has 0 amide bonds. The SMILES string of the molecule is CCNCCn1ccc2c(ccn2Cc2ccc(Cl)c(Cl)c2)c1=O. The summed E-state index contributed by atoms with van der Waals surface area (Å²) in [4.78, 5) is 12.6. The Labute approximate surface area is 150 Å². The smallest absolute Gasteiger partial charge is 0.260 e. The molecule has 2 heterocycles. The van der Waals surface area contributed by atoms with Crippen LogP contribution in [0.4, 0.5) is 0 Å². The van der Waals surface area contributed by atoms with Gasteiger partial charge in [0.05, 0.1) is 20.9 Å². The molecule has 3 aromatic rings. The summed E-state index contributed by atoms with van der Waals surface area (Å²) in [5.74, 6) is 0. The normalized spacial score (nSPS) is 11.3. The van der Waals surface area contributed by atoms with Crippen LogP contribution in [0.15, 0.2) is 47.5 Å². The van der Waals surface area contributed by atoms with Gasteiger partial charge >= 0.3 is 0 Å². The Hall–Kier alpha value is -1.75. The van der Waals surface area contributed by atoms with Crippen molar-refractivity contribution in [2.75, 3.05) is 13.1 Å². The van der Waals surface area contributed by atoms with Crippen molar-refractivity contribution in [1.29, 1.82) is 0 Å². The van der Waals surface area contributed by atoms with Crippen LogP contribution in [0.1, 0.15) is 12.5 Å². The summed E-state index contributed by atoms with van der Waals surface area (Å²) in [7, 11) is 0. The van der Waals surface area contributed by atoms with E-state index in [2.05, 4.69) is 12.2 Å². The summed E-state index contributed by atoms with van der Waals surface area (Å²) in [5, 5.41) is 5.04. The molecule has 3 rings (SSSR count). The Bertz CT molecular complexity index is 914. The zero-order valence-corrected chi connectivity index (χ0v) is 14.9. The third-order valence-corrected chi connectivity index (χ3v) is 4.77. The van der Waals surface area contributed by atoms with E-state index in [0.29, 0.717) is 23.1 Å². The van der Waals surface area contributed by atoms with Crippen molar-refractivity contribution in [2.45, 2.75) is 20.0 Å². The van der Waals surface area contributed by atoms with Gasteiger partial charge in [0, 0.05) is 32.0 Å². The molecule has 126 valence electrons. The van der Waals surface area contributed by atoms with E-state index >= 15 is 0 Å². The van der Waals surface area contributed by atoms with Crippen molar-refractivity contribution in [2.24, 2.45) is 0 Å². The minimum absolute atomic E-state index is 0.0401. The molecule has 0 bridgehead atoms. The van der Waals surface area contributed by atoms with E-state index in [4.69, 9.17) is 23.2 Å². The Morgan fingerprint density at radius 2 is 1.83 bits per heavy atom. The minimum atomic E-state index is 0.0401. The predicted octanol–water partition coefficient (Wildman–Crippen LogP) is 3.77. The molecule has 1 aromatic carbocycles. The second kappa shape index (κ2) is 7.43. The molecule has 1 N–H and O–H groups in total. The molecule has 6 heteroatoms. The first-order chi connectivity index (χ1) is 11.6. The van der Waals surface area contributed by atoms with Crippen molar-refractivity contribution < 1.29 is 0 Å². The van der Waals surface area contributed by atoms with Crippen LogP contribution < -0.4 is 10.9 Å². The third kappa shape index (κ3) is 3.51. The molecule has 2 aromatic heterocycles. The number of halogens is 2. The maximum Gasteiger partial charge on any atom is 0.260 e. The topological polar surface area (TPSA) is 39.0 Å².